The molecule has 0 atom stereocenters. The summed E-state index contributed by atoms with van der Waals surface area (Å²) in [5, 5.41) is 14.0. The van der Waals surface area contributed by atoms with Crippen molar-refractivity contribution in [3.05, 3.63) is 35.4 Å². The fraction of sp³-hybridized carbons (Fsp3) is 0.333. The molecule has 0 heterocycles. The number of carbonyl (C=O) groups is 2. The van der Waals surface area contributed by atoms with Crippen LogP contribution in [0.4, 0.5) is 0 Å². The second kappa shape index (κ2) is 7.41. The third kappa shape index (κ3) is 4.94. The molecule has 1 rings (SSSR count). The van der Waals surface area contributed by atoms with Crippen molar-refractivity contribution in [3.8, 4) is 0 Å². The van der Waals surface area contributed by atoms with Crippen LogP contribution in [0.5, 0.6) is 0 Å². The molecule has 5 N–H and O–H groups in total. The summed E-state index contributed by atoms with van der Waals surface area (Å²) in [7, 11) is 0. The van der Waals surface area contributed by atoms with Gasteiger partial charge in [0.25, 0.3) is 0 Å². The van der Waals surface area contributed by atoms with E-state index in [9.17, 15) is 9.59 Å². The van der Waals surface area contributed by atoms with E-state index >= 15 is 0 Å². The van der Waals surface area contributed by atoms with E-state index in [1.807, 2.05) is 12.1 Å². The average molecular weight is 251 g/mol. The Morgan fingerprint density at radius 3 is 2.56 bits per heavy atom. The van der Waals surface area contributed by atoms with Gasteiger partial charge in [0.05, 0.1) is 19.7 Å². The lowest BCUT2D eigenvalue weighted by Crippen LogP contribution is -2.39. The number of nitrogens with one attached hydrogen (secondary N) is 2. The molecule has 0 aliphatic rings. The van der Waals surface area contributed by atoms with Gasteiger partial charge in [-0.15, -0.1) is 0 Å². The van der Waals surface area contributed by atoms with Gasteiger partial charge in [0.2, 0.25) is 11.8 Å². The van der Waals surface area contributed by atoms with Crippen molar-refractivity contribution in [2.24, 2.45) is 5.73 Å². The van der Waals surface area contributed by atoms with Gasteiger partial charge in [0, 0.05) is 6.54 Å². The van der Waals surface area contributed by atoms with Crippen LogP contribution in [-0.4, -0.2) is 30.0 Å². The summed E-state index contributed by atoms with van der Waals surface area (Å²) < 4.78 is 0. The Labute approximate surface area is 105 Å². The van der Waals surface area contributed by atoms with Crippen molar-refractivity contribution in [3.63, 3.8) is 0 Å². The summed E-state index contributed by atoms with van der Waals surface area (Å²) in [5.41, 5.74) is 6.77. The highest BCUT2D eigenvalue weighted by Gasteiger charge is 2.03. The number of hydrogen-bond donors (Lipinski definition) is 4. The predicted molar refractivity (Wildman–Crippen MR) is 66.3 cm³/mol. The summed E-state index contributed by atoms with van der Waals surface area (Å²) in [6.07, 6.45) is 0. The SMILES string of the molecule is NCC(=O)NCC(=O)NCc1cccc(CO)c1. The summed E-state index contributed by atoms with van der Waals surface area (Å²) in [4.78, 5) is 22.2. The topological polar surface area (TPSA) is 104 Å². The Kier molecular flexibility index (Phi) is 5.83. The molecule has 0 aliphatic heterocycles. The van der Waals surface area contributed by atoms with Crippen molar-refractivity contribution >= 4 is 11.8 Å². The lowest BCUT2D eigenvalue weighted by molar-refractivity contribution is -0.125. The molecule has 0 fully saturated rings. The Balaban J connectivity index is 2.35. The van der Waals surface area contributed by atoms with Gasteiger partial charge >= 0.3 is 0 Å². The molecule has 0 spiro atoms. The molecule has 0 radical (unpaired) electrons. The monoisotopic (exact) mass is 251 g/mol. The molecule has 0 aromatic heterocycles. The maximum Gasteiger partial charge on any atom is 0.239 e. The lowest BCUT2D eigenvalue weighted by atomic mass is 10.1. The van der Waals surface area contributed by atoms with E-state index in [1.54, 1.807) is 12.1 Å². The summed E-state index contributed by atoms with van der Waals surface area (Å²) in [6, 6.07) is 7.26. The first kappa shape index (κ1) is 14.1. The highest BCUT2D eigenvalue weighted by Crippen LogP contribution is 2.04. The minimum Gasteiger partial charge on any atom is -0.392 e. The summed E-state index contributed by atoms with van der Waals surface area (Å²) in [6.45, 7) is 0.0983. The summed E-state index contributed by atoms with van der Waals surface area (Å²) >= 11 is 0. The van der Waals surface area contributed by atoms with Crippen molar-refractivity contribution < 1.29 is 14.7 Å². The van der Waals surface area contributed by atoms with E-state index in [1.165, 1.54) is 0 Å². The number of aliphatic hydroxyl groups excluding tert-OH is 1. The van der Waals surface area contributed by atoms with E-state index in [-0.39, 0.29) is 31.5 Å². The van der Waals surface area contributed by atoms with Crippen molar-refractivity contribution in [1.82, 2.24) is 10.6 Å². The first-order chi connectivity index (χ1) is 8.65. The molecule has 0 unspecified atom stereocenters. The molecule has 6 heteroatoms. The number of amides is 2. The fourth-order valence-corrected chi connectivity index (χ4v) is 1.35. The molecule has 0 bridgehead atoms. The largest absolute Gasteiger partial charge is 0.392 e. The van der Waals surface area contributed by atoms with Gasteiger partial charge in [-0.3, -0.25) is 9.59 Å². The van der Waals surface area contributed by atoms with Gasteiger partial charge in [-0.1, -0.05) is 24.3 Å². The molecular weight excluding hydrogens is 234 g/mol. The third-order valence-electron chi connectivity index (χ3n) is 2.30. The Morgan fingerprint density at radius 1 is 1.17 bits per heavy atom. The van der Waals surface area contributed by atoms with Crippen LogP contribution in [0.3, 0.4) is 0 Å². The number of rotatable bonds is 6. The Bertz CT molecular complexity index is 421. The van der Waals surface area contributed by atoms with E-state index in [4.69, 9.17) is 10.8 Å². The molecule has 0 aliphatic carbocycles. The van der Waals surface area contributed by atoms with Crippen LogP contribution in [0.25, 0.3) is 0 Å². The van der Waals surface area contributed by atoms with E-state index in [0.29, 0.717) is 6.54 Å². The van der Waals surface area contributed by atoms with Gasteiger partial charge in [-0.05, 0) is 11.1 Å². The highest BCUT2D eigenvalue weighted by atomic mass is 16.3. The molecular formula is C12H17N3O3. The second-order valence-corrected chi connectivity index (χ2v) is 3.74. The number of hydrogen-bond acceptors (Lipinski definition) is 4. The van der Waals surface area contributed by atoms with Crippen LogP contribution in [0.1, 0.15) is 11.1 Å². The average Bonchev–Trinajstić information content (AvgIpc) is 2.42. The maximum absolute atomic E-state index is 11.4. The Morgan fingerprint density at radius 2 is 1.89 bits per heavy atom. The normalized spacial score (nSPS) is 9.89. The molecule has 18 heavy (non-hydrogen) atoms. The third-order valence-corrected chi connectivity index (χ3v) is 2.30. The van der Waals surface area contributed by atoms with E-state index < -0.39 is 0 Å². The number of benzene rings is 1. The lowest BCUT2D eigenvalue weighted by Gasteiger charge is -2.07. The van der Waals surface area contributed by atoms with Crippen LogP contribution in [0.2, 0.25) is 0 Å². The maximum atomic E-state index is 11.4. The molecule has 6 nitrogen and oxygen atoms in total. The minimum atomic E-state index is -0.368. The number of aliphatic hydroxyl groups is 1. The first-order valence-corrected chi connectivity index (χ1v) is 5.58. The van der Waals surface area contributed by atoms with E-state index in [0.717, 1.165) is 11.1 Å². The zero-order valence-electron chi connectivity index (χ0n) is 9.98. The molecule has 1 aromatic rings. The van der Waals surface area contributed by atoms with Gasteiger partial charge in [-0.2, -0.15) is 0 Å². The van der Waals surface area contributed by atoms with Crippen LogP contribution < -0.4 is 16.4 Å². The zero-order chi connectivity index (χ0) is 13.4. The second-order valence-electron chi connectivity index (χ2n) is 3.74. The van der Waals surface area contributed by atoms with Crippen LogP contribution >= 0.6 is 0 Å². The van der Waals surface area contributed by atoms with Crippen molar-refractivity contribution in [2.75, 3.05) is 13.1 Å². The number of nitrogens with two attached hydrogens (primary N) is 1. The molecule has 1 aromatic carbocycles. The molecule has 0 saturated heterocycles. The van der Waals surface area contributed by atoms with Crippen molar-refractivity contribution in [2.45, 2.75) is 13.2 Å². The zero-order valence-corrected chi connectivity index (χ0v) is 9.98. The van der Waals surface area contributed by atoms with Gasteiger partial charge in [0.15, 0.2) is 0 Å². The standard InChI is InChI=1S/C12H17N3O3/c13-5-11(17)15-7-12(18)14-6-9-2-1-3-10(4-9)8-16/h1-4,16H,5-8,13H2,(H,14,18)(H,15,17). The predicted octanol–water partition coefficient (Wildman–Crippen LogP) is -1.13. The van der Waals surface area contributed by atoms with Crippen LogP contribution in [-0.2, 0) is 22.7 Å². The fourth-order valence-electron chi connectivity index (χ4n) is 1.35. The van der Waals surface area contributed by atoms with Crippen LogP contribution in [0, 0.1) is 0 Å². The quantitative estimate of drug-likeness (QED) is 0.513. The molecule has 98 valence electrons. The Hall–Kier alpha value is -1.92. The van der Waals surface area contributed by atoms with Gasteiger partial charge in [-0.25, -0.2) is 0 Å². The van der Waals surface area contributed by atoms with E-state index in [2.05, 4.69) is 10.6 Å². The van der Waals surface area contributed by atoms with Crippen LogP contribution in [0.15, 0.2) is 24.3 Å². The summed E-state index contributed by atoms with van der Waals surface area (Å²) in [5.74, 6) is -0.654. The molecule has 0 saturated carbocycles. The van der Waals surface area contributed by atoms with Gasteiger partial charge in [0.1, 0.15) is 0 Å². The van der Waals surface area contributed by atoms with Gasteiger partial charge < -0.3 is 21.5 Å². The highest BCUT2D eigenvalue weighted by molar-refractivity contribution is 5.85. The minimum absolute atomic E-state index is 0.0334. The van der Waals surface area contributed by atoms with Crippen molar-refractivity contribution in [1.29, 1.82) is 0 Å². The first-order valence-electron chi connectivity index (χ1n) is 5.58. The smallest absolute Gasteiger partial charge is 0.239 e. The molecule has 2 amide bonds. The number of carbonyl (C=O) groups excluding carboxylic acids is 2.